The molecule has 1 aliphatic carbocycles. The van der Waals surface area contributed by atoms with Crippen LogP contribution in [0.15, 0.2) is 0 Å². The molecule has 1 heterocycles. The van der Waals surface area contributed by atoms with Gasteiger partial charge in [-0.25, -0.2) is 0 Å². The van der Waals surface area contributed by atoms with Crippen LogP contribution < -0.4 is 0 Å². The maximum absolute atomic E-state index is 5.95. The van der Waals surface area contributed by atoms with E-state index in [9.17, 15) is 0 Å². The predicted molar refractivity (Wildman–Crippen MR) is 63.3 cm³/mol. The van der Waals surface area contributed by atoms with E-state index in [4.69, 9.17) is 4.74 Å². The van der Waals surface area contributed by atoms with Gasteiger partial charge < -0.3 is 4.74 Å². The van der Waals surface area contributed by atoms with Gasteiger partial charge in [0.15, 0.2) is 0 Å². The molecule has 0 aromatic carbocycles. The summed E-state index contributed by atoms with van der Waals surface area (Å²) in [7, 11) is 0. The highest BCUT2D eigenvalue weighted by Gasteiger charge is 2.61. The normalized spacial score (nSPS) is 44.3. The lowest BCUT2D eigenvalue weighted by Crippen LogP contribution is -2.30. The first-order valence-corrected chi connectivity index (χ1v) is 6.49. The summed E-state index contributed by atoms with van der Waals surface area (Å²) in [6.07, 6.45) is 5.84. The first-order valence-electron chi connectivity index (χ1n) is 5.25. The number of rotatable bonds is 1. The molecular weight excluding hydrogens is 275 g/mol. The van der Waals surface area contributed by atoms with Crippen molar-refractivity contribution in [2.75, 3.05) is 0 Å². The van der Waals surface area contributed by atoms with Crippen LogP contribution in [0.2, 0.25) is 0 Å². The summed E-state index contributed by atoms with van der Waals surface area (Å²) in [6, 6.07) is 0. The molecule has 2 rings (SSSR count). The third-order valence-corrected chi connectivity index (χ3v) is 4.34. The van der Waals surface area contributed by atoms with Crippen LogP contribution in [0.25, 0.3) is 0 Å². The summed E-state index contributed by atoms with van der Waals surface area (Å²) in [5.74, 6) is 0. The fourth-order valence-corrected chi connectivity index (χ4v) is 3.94. The molecule has 1 aliphatic heterocycles. The van der Waals surface area contributed by atoms with E-state index in [1.807, 2.05) is 0 Å². The minimum Gasteiger partial charge on any atom is -0.365 e. The highest BCUT2D eigenvalue weighted by molar-refractivity contribution is 14.1. The topological polar surface area (TPSA) is 12.5 Å². The highest BCUT2D eigenvalue weighted by atomic mass is 127. The van der Waals surface area contributed by atoms with Gasteiger partial charge in [-0.1, -0.05) is 43.4 Å². The average molecular weight is 294 g/mol. The van der Waals surface area contributed by atoms with Crippen molar-refractivity contribution in [1.82, 2.24) is 0 Å². The molecule has 13 heavy (non-hydrogen) atoms. The van der Waals surface area contributed by atoms with Crippen LogP contribution in [-0.4, -0.2) is 15.6 Å². The Morgan fingerprint density at radius 1 is 1.46 bits per heavy atom. The lowest BCUT2D eigenvalue weighted by atomic mass is 9.77. The largest absolute Gasteiger partial charge is 0.365 e. The zero-order valence-corrected chi connectivity index (χ0v) is 10.9. The Labute approximate surface area is 94.8 Å². The number of epoxide rings is 1. The molecular formula is C11H19IO. The maximum Gasteiger partial charge on any atom is 0.0991 e. The number of halogens is 1. The lowest BCUT2D eigenvalue weighted by molar-refractivity contribution is 0.203. The second kappa shape index (κ2) is 3.09. The number of ether oxygens (including phenoxy) is 1. The molecule has 0 radical (unpaired) electrons. The Morgan fingerprint density at radius 3 is 2.77 bits per heavy atom. The van der Waals surface area contributed by atoms with Crippen molar-refractivity contribution < 1.29 is 4.74 Å². The minimum absolute atomic E-state index is 0.294. The zero-order chi connectivity index (χ0) is 9.69. The van der Waals surface area contributed by atoms with Crippen LogP contribution >= 0.6 is 22.6 Å². The third kappa shape index (κ3) is 2.04. The fraction of sp³-hybridized carbons (Fsp3) is 1.00. The van der Waals surface area contributed by atoms with Crippen LogP contribution in [0, 0.1) is 5.41 Å². The van der Waals surface area contributed by atoms with Crippen molar-refractivity contribution in [2.24, 2.45) is 5.41 Å². The summed E-state index contributed by atoms with van der Waals surface area (Å²) in [6.45, 7) is 6.95. The summed E-state index contributed by atoms with van der Waals surface area (Å²) >= 11 is 2.56. The zero-order valence-electron chi connectivity index (χ0n) is 8.77. The molecule has 3 atom stereocenters. The molecule has 2 fully saturated rings. The Bertz CT molecular complexity index is 209. The Balaban J connectivity index is 2.00. The lowest BCUT2D eigenvalue weighted by Gasteiger charge is -2.27. The van der Waals surface area contributed by atoms with Gasteiger partial charge in [0.1, 0.15) is 0 Å². The Kier molecular flexibility index (Phi) is 2.43. The van der Waals surface area contributed by atoms with Crippen LogP contribution in [0.4, 0.5) is 0 Å². The molecule has 1 saturated heterocycles. The van der Waals surface area contributed by atoms with E-state index in [-0.39, 0.29) is 0 Å². The second-order valence-electron chi connectivity index (χ2n) is 5.75. The van der Waals surface area contributed by atoms with Gasteiger partial charge in [0.2, 0.25) is 0 Å². The van der Waals surface area contributed by atoms with Crippen molar-refractivity contribution in [3.05, 3.63) is 0 Å². The SMILES string of the molecule is CC(C)(C)C[C@]12CCCC(I)[C@H]1O2. The average Bonchev–Trinajstić information content (AvgIpc) is 2.60. The van der Waals surface area contributed by atoms with E-state index in [1.54, 1.807) is 0 Å². The van der Waals surface area contributed by atoms with Gasteiger partial charge >= 0.3 is 0 Å². The van der Waals surface area contributed by atoms with E-state index in [2.05, 4.69) is 43.4 Å². The minimum atomic E-state index is 0.294. The molecule has 0 spiro atoms. The van der Waals surface area contributed by atoms with E-state index in [1.165, 1.54) is 25.7 Å². The van der Waals surface area contributed by atoms with E-state index in [0.717, 1.165) is 3.92 Å². The van der Waals surface area contributed by atoms with Crippen molar-refractivity contribution in [3.8, 4) is 0 Å². The van der Waals surface area contributed by atoms with Gasteiger partial charge in [0, 0.05) is 3.92 Å². The molecule has 2 aliphatic rings. The molecule has 0 aromatic heterocycles. The van der Waals surface area contributed by atoms with Crippen molar-refractivity contribution in [2.45, 2.75) is 62.1 Å². The predicted octanol–water partition coefficient (Wildman–Crippen LogP) is 3.55. The smallest absolute Gasteiger partial charge is 0.0991 e. The van der Waals surface area contributed by atoms with Crippen molar-refractivity contribution >= 4 is 22.6 Å². The maximum atomic E-state index is 5.95. The first kappa shape index (κ1) is 10.2. The van der Waals surface area contributed by atoms with Gasteiger partial charge in [0.05, 0.1) is 11.7 Å². The van der Waals surface area contributed by atoms with Crippen LogP contribution in [0.1, 0.15) is 46.5 Å². The third-order valence-electron chi connectivity index (χ3n) is 3.06. The first-order chi connectivity index (χ1) is 5.93. The number of hydrogen-bond acceptors (Lipinski definition) is 1. The summed E-state index contributed by atoms with van der Waals surface area (Å²) < 4.78 is 6.72. The van der Waals surface area contributed by atoms with Crippen molar-refractivity contribution in [3.63, 3.8) is 0 Å². The van der Waals surface area contributed by atoms with E-state index in [0.29, 0.717) is 17.1 Å². The second-order valence-corrected chi connectivity index (χ2v) is 7.35. The molecule has 0 bridgehead atoms. The summed E-state index contributed by atoms with van der Waals surface area (Å²) in [4.78, 5) is 0. The van der Waals surface area contributed by atoms with Crippen molar-refractivity contribution in [1.29, 1.82) is 0 Å². The molecule has 76 valence electrons. The Morgan fingerprint density at radius 2 is 2.15 bits per heavy atom. The fourth-order valence-electron chi connectivity index (χ4n) is 2.70. The van der Waals surface area contributed by atoms with Crippen LogP contribution in [0.5, 0.6) is 0 Å². The van der Waals surface area contributed by atoms with Crippen LogP contribution in [0.3, 0.4) is 0 Å². The summed E-state index contributed by atoms with van der Waals surface area (Å²) in [5.41, 5.74) is 0.713. The molecule has 0 N–H and O–H groups in total. The highest BCUT2D eigenvalue weighted by Crippen LogP contribution is 2.55. The number of hydrogen-bond donors (Lipinski definition) is 0. The van der Waals surface area contributed by atoms with E-state index < -0.39 is 0 Å². The quantitative estimate of drug-likeness (QED) is 0.409. The molecule has 0 aromatic rings. The van der Waals surface area contributed by atoms with E-state index >= 15 is 0 Å². The van der Waals surface area contributed by atoms with Gasteiger partial charge in [-0.3, -0.25) is 0 Å². The monoisotopic (exact) mass is 294 g/mol. The standard InChI is InChI=1S/C11H19IO/c1-10(2,3)7-11-6-4-5-8(12)9(11)13-11/h8-9H,4-7H2,1-3H3/t8?,9-,11-/m1/s1. The molecule has 1 unspecified atom stereocenters. The summed E-state index contributed by atoms with van der Waals surface area (Å²) in [5, 5.41) is 0. The molecule has 1 nitrogen and oxygen atoms in total. The Hall–Kier alpha value is 0.690. The van der Waals surface area contributed by atoms with Gasteiger partial charge in [0.25, 0.3) is 0 Å². The molecule has 2 heteroatoms. The van der Waals surface area contributed by atoms with Gasteiger partial charge in [-0.15, -0.1) is 0 Å². The van der Waals surface area contributed by atoms with Gasteiger partial charge in [-0.2, -0.15) is 0 Å². The van der Waals surface area contributed by atoms with Gasteiger partial charge in [-0.05, 0) is 31.1 Å². The number of alkyl halides is 1. The van der Waals surface area contributed by atoms with Crippen LogP contribution in [-0.2, 0) is 4.74 Å². The molecule has 1 saturated carbocycles. The number of fused-ring (bicyclic) bond motifs is 1. The molecule has 0 amide bonds.